The van der Waals surface area contributed by atoms with Crippen LogP contribution < -0.4 is 4.72 Å². The van der Waals surface area contributed by atoms with E-state index in [-0.39, 0.29) is 4.90 Å². The second-order valence-corrected chi connectivity index (χ2v) is 8.72. The third-order valence-electron chi connectivity index (χ3n) is 2.60. The van der Waals surface area contributed by atoms with Crippen molar-refractivity contribution in [3.63, 3.8) is 0 Å². The topological polar surface area (TPSA) is 59.1 Å². The molecule has 0 atom stereocenters. The Morgan fingerprint density at radius 2 is 2.05 bits per heavy atom. The van der Waals surface area contributed by atoms with Crippen molar-refractivity contribution in [1.29, 1.82) is 0 Å². The van der Waals surface area contributed by atoms with Gasteiger partial charge in [-0.15, -0.1) is 11.8 Å². The molecule has 0 aliphatic carbocycles. The molecule has 0 spiro atoms. The zero-order chi connectivity index (χ0) is 14.9. The van der Waals surface area contributed by atoms with Gasteiger partial charge in [-0.1, -0.05) is 27.3 Å². The van der Waals surface area contributed by atoms with E-state index < -0.39 is 10.0 Å². The Morgan fingerprint density at radius 3 is 2.60 bits per heavy atom. The second kappa shape index (κ2) is 6.05. The summed E-state index contributed by atoms with van der Waals surface area (Å²) in [5, 5.41) is 0.396. The fourth-order valence-electron chi connectivity index (χ4n) is 1.57. The highest BCUT2D eigenvalue weighted by molar-refractivity contribution is 9.10. The fraction of sp³-hybridized carbons (Fsp3) is 0.250. The summed E-state index contributed by atoms with van der Waals surface area (Å²) in [6.07, 6.45) is 1.94. The normalized spacial score (nSPS) is 11.6. The second-order valence-electron chi connectivity index (χ2n) is 4.11. The SMILES string of the molecule is CSc1sc(NS(=O)(=O)c2ccc(Br)c(C)c2)nc1C. The lowest BCUT2D eigenvalue weighted by Gasteiger charge is -2.06. The maximum absolute atomic E-state index is 12.3. The van der Waals surface area contributed by atoms with Crippen molar-refractivity contribution < 1.29 is 8.42 Å². The van der Waals surface area contributed by atoms with E-state index in [2.05, 4.69) is 25.6 Å². The summed E-state index contributed by atoms with van der Waals surface area (Å²) in [5.41, 5.74) is 1.71. The van der Waals surface area contributed by atoms with E-state index in [0.717, 1.165) is 19.9 Å². The summed E-state index contributed by atoms with van der Waals surface area (Å²) < 4.78 is 29.0. The van der Waals surface area contributed by atoms with E-state index in [1.165, 1.54) is 11.3 Å². The Kier molecular flexibility index (Phi) is 4.78. The Hall–Kier alpha value is -0.570. The summed E-state index contributed by atoms with van der Waals surface area (Å²) in [7, 11) is -3.60. The van der Waals surface area contributed by atoms with Crippen LogP contribution in [0, 0.1) is 13.8 Å². The number of hydrogen-bond acceptors (Lipinski definition) is 5. The van der Waals surface area contributed by atoms with Gasteiger partial charge in [-0.3, -0.25) is 4.72 Å². The van der Waals surface area contributed by atoms with Crippen molar-refractivity contribution in [2.45, 2.75) is 23.0 Å². The average Bonchev–Trinajstić information content (AvgIpc) is 2.71. The summed E-state index contributed by atoms with van der Waals surface area (Å²) in [6, 6.07) is 4.92. The van der Waals surface area contributed by atoms with Gasteiger partial charge in [0.2, 0.25) is 0 Å². The third-order valence-corrected chi connectivity index (χ3v) is 7.24. The van der Waals surface area contributed by atoms with Crippen LogP contribution in [0.25, 0.3) is 0 Å². The number of nitrogens with one attached hydrogen (secondary N) is 1. The minimum atomic E-state index is -3.60. The maximum Gasteiger partial charge on any atom is 0.263 e. The molecule has 0 saturated heterocycles. The van der Waals surface area contributed by atoms with Gasteiger partial charge in [-0.25, -0.2) is 13.4 Å². The van der Waals surface area contributed by atoms with Crippen LogP contribution in [-0.2, 0) is 10.0 Å². The van der Waals surface area contributed by atoms with Gasteiger partial charge in [0, 0.05) is 4.47 Å². The predicted molar refractivity (Wildman–Crippen MR) is 88.3 cm³/mol. The van der Waals surface area contributed by atoms with E-state index >= 15 is 0 Å². The molecule has 20 heavy (non-hydrogen) atoms. The van der Waals surface area contributed by atoms with E-state index in [4.69, 9.17) is 0 Å². The number of thiazole rings is 1. The highest BCUT2D eigenvalue weighted by Gasteiger charge is 2.18. The van der Waals surface area contributed by atoms with Gasteiger partial charge < -0.3 is 0 Å². The van der Waals surface area contributed by atoms with Crippen LogP contribution in [0.15, 0.2) is 31.8 Å². The molecule has 1 heterocycles. The number of thioether (sulfide) groups is 1. The number of benzene rings is 1. The molecule has 2 aromatic rings. The quantitative estimate of drug-likeness (QED) is 0.797. The number of hydrogen-bond donors (Lipinski definition) is 1. The number of anilines is 1. The zero-order valence-corrected chi connectivity index (χ0v) is 15.1. The molecular weight excluding hydrogens is 380 g/mol. The molecule has 8 heteroatoms. The monoisotopic (exact) mass is 392 g/mol. The van der Waals surface area contributed by atoms with Gasteiger partial charge >= 0.3 is 0 Å². The summed E-state index contributed by atoms with van der Waals surface area (Å²) >= 11 is 6.26. The van der Waals surface area contributed by atoms with Crippen molar-refractivity contribution in [2.24, 2.45) is 0 Å². The molecule has 1 aromatic heterocycles. The largest absolute Gasteiger partial charge is 0.263 e. The summed E-state index contributed by atoms with van der Waals surface area (Å²) in [4.78, 5) is 4.46. The molecule has 0 saturated carbocycles. The predicted octanol–water partition coefficient (Wildman–Crippen LogP) is 4.05. The van der Waals surface area contributed by atoms with Gasteiger partial charge in [-0.2, -0.15) is 0 Å². The van der Waals surface area contributed by atoms with Gasteiger partial charge in [-0.05, 0) is 43.9 Å². The lowest BCUT2D eigenvalue weighted by atomic mass is 10.2. The Balaban J connectivity index is 2.32. The van der Waals surface area contributed by atoms with E-state index in [0.29, 0.717) is 5.13 Å². The first-order chi connectivity index (χ1) is 9.33. The zero-order valence-electron chi connectivity index (χ0n) is 11.1. The molecule has 0 fully saturated rings. The van der Waals surface area contributed by atoms with E-state index in [9.17, 15) is 8.42 Å². The first-order valence-electron chi connectivity index (χ1n) is 5.64. The number of sulfonamides is 1. The number of nitrogens with zero attached hydrogens (tertiary/aromatic N) is 1. The number of aromatic nitrogens is 1. The van der Waals surface area contributed by atoms with Crippen LogP contribution in [-0.4, -0.2) is 19.7 Å². The number of halogens is 1. The van der Waals surface area contributed by atoms with Gasteiger partial charge in [0.15, 0.2) is 5.13 Å². The Morgan fingerprint density at radius 1 is 1.35 bits per heavy atom. The maximum atomic E-state index is 12.3. The average molecular weight is 393 g/mol. The van der Waals surface area contributed by atoms with Gasteiger partial charge in [0.05, 0.1) is 14.8 Å². The fourth-order valence-corrected chi connectivity index (χ4v) is 4.75. The molecule has 0 amide bonds. The lowest BCUT2D eigenvalue weighted by molar-refractivity contribution is 0.601. The Bertz CT molecular complexity index is 741. The summed E-state index contributed by atoms with van der Waals surface area (Å²) in [6.45, 7) is 3.71. The highest BCUT2D eigenvalue weighted by atomic mass is 79.9. The van der Waals surface area contributed by atoms with Crippen molar-refractivity contribution in [3.05, 3.63) is 33.9 Å². The molecule has 0 bridgehead atoms. The molecule has 0 unspecified atom stereocenters. The Labute approximate surface area is 135 Å². The molecule has 0 radical (unpaired) electrons. The van der Waals surface area contributed by atoms with Crippen molar-refractivity contribution in [3.8, 4) is 0 Å². The molecular formula is C12H13BrN2O2S3. The molecule has 2 rings (SSSR count). The third kappa shape index (κ3) is 3.36. The van der Waals surface area contributed by atoms with Crippen LogP contribution in [0.3, 0.4) is 0 Å². The smallest absolute Gasteiger partial charge is 0.255 e. The van der Waals surface area contributed by atoms with Gasteiger partial charge in [0.25, 0.3) is 10.0 Å². The highest BCUT2D eigenvalue weighted by Crippen LogP contribution is 2.31. The van der Waals surface area contributed by atoms with Crippen LogP contribution in [0.5, 0.6) is 0 Å². The molecule has 4 nitrogen and oxygen atoms in total. The molecule has 1 aromatic carbocycles. The van der Waals surface area contributed by atoms with E-state index in [1.807, 2.05) is 20.1 Å². The minimum absolute atomic E-state index is 0.233. The van der Waals surface area contributed by atoms with Crippen LogP contribution in [0.4, 0.5) is 5.13 Å². The van der Waals surface area contributed by atoms with Crippen molar-refractivity contribution in [2.75, 3.05) is 11.0 Å². The molecule has 108 valence electrons. The first kappa shape index (κ1) is 15.8. The number of aryl methyl sites for hydroxylation is 2. The minimum Gasteiger partial charge on any atom is -0.255 e. The van der Waals surface area contributed by atoms with Gasteiger partial charge in [0.1, 0.15) is 0 Å². The van der Waals surface area contributed by atoms with Crippen LogP contribution in [0.1, 0.15) is 11.3 Å². The standard InChI is InChI=1S/C12H13BrN2O2S3/c1-7-6-9(4-5-10(7)13)20(16,17)15-12-14-8(2)11(18-3)19-12/h4-6H,1-3H3,(H,14,15). The number of rotatable bonds is 4. The molecule has 0 aliphatic heterocycles. The van der Waals surface area contributed by atoms with Crippen LogP contribution >= 0.6 is 39.0 Å². The lowest BCUT2D eigenvalue weighted by Crippen LogP contribution is -2.13. The molecule has 1 N–H and O–H groups in total. The van der Waals surface area contributed by atoms with Crippen molar-refractivity contribution >= 4 is 54.2 Å². The molecule has 0 aliphatic rings. The van der Waals surface area contributed by atoms with E-state index in [1.54, 1.807) is 30.0 Å². The summed E-state index contributed by atoms with van der Waals surface area (Å²) in [5.74, 6) is 0. The van der Waals surface area contributed by atoms with Crippen molar-refractivity contribution in [1.82, 2.24) is 4.98 Å². The van der Waals surface area contributed by atoms with Crippen LogP contribution in [0.2, 0.25) is 0 Å². The first-order valence-corrected chi connectivity index (χ1v) is 9.95.